The molecule has 1 aliphatic rings. The minimum absolute atomic E-state index is 0.317. The lowest BCUT2D eigenvalue weighted by Gasteiger charge is -2.20. The molecule has 0 fully saturated rings. The molecule has 1 aromatic carbocycles. The molecule has 2 rings (SSSR count). The van der Waals surface area contributed by atoms with Gasteiger partial charge in [0.2, 0.25) is 0 Å². The molecule has 1 aliphatic carbocycles. The second-order valence-corrected chi connectivity index (χ2v) is 5.56. The van der Waals surface area contributed by atoms with Crippen molar-refractivity contribution in [3.8, 4) is 5.75 Å². The summed E-state index contributed by atoms with van der Waals surface area (Å²) < 4.78 is 0. The number of rotatable bonds is 4. The van der Waals surface area contributed by atoms with Gasteiger partial charge in [0, 0.05) is 11.6 Å². The quantitative estimate of drug-likeness (QED) is 0.584. The summed E-state index contributed by atoms with van der Waals surface area (Å²) >= 11 is 0. The van der Waals surface area contributed by atoms with Crippen LogP contribution >= 0.6 is 0 Å². The number of hydrogen-bond acceptors (Lipinski definition) is 2. The summed E-state index contributed by atoms with van der Waals surface area (Å²) in [5, 5.41) is 13.2. The second-order valence-electron chi connectivity index (χ2n) is 5.56. The molecule has 1 aromatic rings. The van der Waals surface area contributed by atoms with Crippen LogP contribution in [-0.4, -0.2) is 17.1 Å². The molecule has 20 heavy (non-hydrogen) atoms. The zero-order valence-corrected chi connectivity index (χ0v) is 12.4. The first-order valence-corrected chi connectivity index (χ1v) is 7.50. The normalized spacial score (nSPS) is 16.6. The molecule has 0 bridgehead atoms. The summed E-state index contributed by atoms with van der Waals surface area (Å²) in [6, 6.07) is 4.14. The number of aliphatic imine (C=N–C) groups is 1. The van der Waals surface area contributed by atoms with Crippen molar-refractivity contribution in [1.82, 2.24) is 5.32 Å². The molecule has 0 radical (unpaired) electrons. The van der Waals surface area contributed by atoms with Crippen molar-refractivity contribution in [2.45, 2.75) is 58.5 Å². The fourth-order valence-corrected chi connectivity index (χ4v) is 2.63. The third-order valence-corrected chi connectivity index (χ3v) is 4.04. The van der Waals surface area contributed by atoms with Gasteiger partial charge in [-0.25, -0.2) is 4.99 Å². The Bertz CT molecular complexity index is 497. The van der Waals surface area contributed by atoms with Crippen LogP contribution < -0.4 is 11.1 Å². The fraction of sp³-hybridized carbons (Fsp3) is 0.562. The number of nitrogens with one attached hydrogen (secondary N) is 1. The number of nitrogens with zero attached hydrogens (tertiary/aromatic N) is 1. The smallest absolute Gasteiger partial charge is 0.189 e. The van der Waals surface area contributed by atoms with E-state index in [0.717, 1.165) is 24.8 Å². The highest BCUT2D eigenvalue weighted by Crippen LogP contribution is 2.30. The standard InChI is InChI=1S/C16H25N3O/c1-3-11(2)19-16(17)18-10-14-13-7-5-4-6-12(13)8-9-15(14)20/h8-9,11,20H,3-7,10H2,1-2H3,(H3,17,18,19). The van der Waals surface area contributed by atoms with E-state index in [1.807, 2.05) is 6.07 Å². The van der Waals surface area contributed by atoms with Crippen molar-refractivity contribution in [3.63, 3.8) is 0 Å². The van der Waals surface area contributed by atoms with E-state index in [1.165, 1.54) is 24.0 Å². The van der Waals surface area contributed by atoms with Crippen LogP contribution in [0, 0.1) is 0 Å². The van der Waals surface area contributed by atoms with Crippen LogP contribution in [-0.2, 0) is 19.4 Å². The van der Waals surface area contributed by atoms with Gasteiger partial charge in [-0.3, -0.25) is 0 Å². The summed E-state index contributed by atoms with van der Waals surface area (Å²) in [6.45, 7) is 4.62. The molecule has 0 saturated heterocycles. The van der Waals surface area contributed by atoms with E-state index in [-0.39, 0.29) is 0 Å². The molecule has 0 aromatic heterocycles. The maximum Gasteiger partial charge on any atom is 0.189 e. The van der Waals surface area contributed by atoms with Crippen LogP contribution in [0.25, 0.3) is 0 Å². The van der Waals surface area contributed by atoms with Crippen molar-refractivity contribution in [2.75, 3.05) is 0 Å². The van der Waals surface area contributed by atoms with E-state index in [0.29, 0.717) is 24.3 Å². The number of nitrogens with two attached hydrogens (primary N) is 1. The molecule has 0 heterocycles. The third-order valence-electron chi connectivity index (χ3n) is 4.04. The van der Waals surface area contributed by atoms with Gasteiger partial charge in [0.25, 0.3) is 0 Å². The number of aromatic hydroxyl groups is 1. The maximum absolute atomic E-state index is 10.1. The fourth-order valence-electron chi connectivity index (χ4n) is 2.63. The summed E-state index contributed by atoms with van der Waals surface area (Å²) in [4.78, 5) is 4.37. The Kier molecular flexibility index (Phi) is 4.88. The van der Waals surface area contributed by atoms with Gasteiger partial charge >= 0.3 is 0 Å². The summed E-state index contributed by atoms with van der Waals surface area (Å²) in [5.41, 5.74) is 9.45. The van der Waals surface area contributed by atoms with Gasteiger partial charge in [0.15, 0.2) is 5.96 Å². The molecule has 1 atom stereocenters. The first-order valence-electron chi connectivity index (χ1n) is 7.50. The van der Waals surface area contributed by atoms with Crippen LogP contribution in [0.2, 0.25) is 0 Å². The number of hydrogen-bond donors (Lipinski definition) is 3. The predicted molar refractivity (Wildman–Crippen MR) is 83.0 cm³/mol. The summed E-state index contributed by atoms with van der Waals surface area (Å²) in [6.07, 6.45) is 5.56. The average molecular weight is 275 g/mol. The molecular weight excluding hydrogens is 250 g/mol. The zero-order valence-electron chi connectivity index (χ0n) is 12.4. The molecule has 0 aliphatic heterocycles. The number of phenolic OH excluding ortho intramolecular Hbond substituents is 1. The van der Waals surface area contributed by atoms with Crippen LogP contribution in [0.3, 0.4) is 0 Å². The number of aryl methyl sites for hydroxylation is 1. The molecule has 4 heteroatoms. The Hall–Kier alpha value is -1.71. The van der Waals surface area contributed by atoms with Crippen molar-refractivity contribution in [3.05, 3.63) is 28.8 Å². The van der Waals surface area contributed by atoms with Gasteiger partial charge in [-0.05, 0) is 56.2 Å². The van der Waals surface area contributed by atoms with E-state index in [1.54, 1.807) is 6.07 Å². The maximum atomic E-state index is 10.1. The Balaban J connectivity index is 2.15. The Labute approximate surface area is 121 Å². The highest BCUT2D eigenvalue weighted by Gasteiger charge is 2.16. The van der Waals surface area contributed by atoms with E-state index >= 15 is 0 Å². The molecule has 0 spiro atoms. The van der Waals surface area contributed by atoms with Crippen molar-refractivity contribution >= 4 is 5.96 Å². The van der Waals surface area contributed by atoms with Crippen molar-refractivity contribution < 1.29 is 5.11 Å². The number of guanidine groups is 1. The van der Waals surface area contributed by atoms with E-state index in [9.17, 15) is 5.11 Å². The number of phenols is 1. The van der Waals surface area contributed by atoms with Gasteiger partial charge in [0.1, 0.15) is 5.75 Å². The largest absolute Gasteiger partial charge is 0.508 e. The highest BCUT2D eigenvalue weighted by molar-refractivity contribution is 5.78. The monoisotopic (exact) mass is 275 g/mol. The molecule has 4 nitrogen and oxygen atoms in total. The molecule has 0 saturated carbocycles. The lowest BCUT2D eigenvalue weighted by atomic mass is 9.88. The zero-order chi connectivity index (χ0) is 14.5. The van der Waals surface area contributed by atoms with Crippen LogP contribution in [0.1, 0.15) is 49.8 Å². The second kappa shape index (κ2) is 6.64. The Morgan fingerprint density at radius 2 is 2.15 bits per heavy atom. The minimum atomic E-state index is 0.317. The predicted octanol–water partition coefficient (Wildman–Crippen LogP) is 2.47. The molecule has 4 N–H and O–H groups in total. The van der Waals surface area contributed by atoms with Crippen LogP contribution in [0.15, 0.2) is 17.1 Å². The average Bonchev–Trinajstić information content (AvgIpc) is 2.46. The Morgan fingerprint density at radius 3 is 2.90 bits per heavy atom. The number of fused-ring (bicyclic) bond motifs is 1. The first-order chi connectivity index (χ1) is 9.61. The van der Waals surface area contributed by atoms with E-state index in [4.69, 9.17) is 5.73 Å². The minimum Gasteiger partial charge on any atom is -0.508 e. The van der Waals surface area contributed by atoms with Crippen molar-refractivity contribution in [1.29, 1.82) is 0 Å². The van der Waals surface area contributed by atoms with Crippen LogP contribution in [0.4, 0.5) is 0 Å². The summed E-state index contributed by atoms with van der Waals surface area (Å²) in [7, 11) is 0. The van der Waals surface area contributed by atoms with Gasteiger partial charge in [-0.2, -0.15) is 0 Å². The van der Waals surface area contributed by atoms with Gasteiger partial charge in [-0.15, -0.1) is 0 Å². The Morgan fingerprint density at radius 1 is 1.40 bits per heavy atom. The highest BCUT2D eigenvalue weighted by atomic mass is 16.3. The lowest BCUT2D eigenvalue weighted by Crippen LogP contribution is -2.38. The first kappa shape index (κ1) is 14.7. The third kappa shape index (κ3) is 3.44. The van der Waals surface area contributed by atoms with E-state index < -0.39 is 0 Å². The van der Waals surface area contributed by atoms with Crippen molar-refractivity contribution in [2.24, 2.45) is 10.7 Å². The van der Waals surface area contributed by atoms with Gasteiger partial charge < -0.3 is 16.2 Å². The lowest BCUT2D eigenvalue weighted by molar-refractivity contribution is 0.465. The van der Waals surface area contributed by atoms with Gasteiger partial charge in [0.05, 0.1) is 6.54 Å². The molecule has 1 unspecified atom stereocenters. The SMILES string of the molecule is CCC(C)NC(N)=NCc1c(O)ccc2c1CCCC2. The van der Waals surface area contributed by atoms with E-state index in [2.05, 4.69) is 24.2 Å². The summed E-state index contributed by atoms with van der Waals surface area (Å²) in [5.74, 6) is 0.790. The molecule has 0 amide bonds. The molecule has 110 valence electrons. The van der Waals surface area contributed by atoms with Gasteiger partial charge in [-0.1, -0.05) is 13.0 Å². The topological polar surface area (TPSA) is 70.6 Å². The molecular formula is C16H25N3O. The number of benzene rings is 1. The van der Waals surface area contributed by atoms with Crippen LogP contribution in [0.5, 0.6) is 5.75 Å².